The van der Waals surface area contributed by atoms with Gasteiger partial charge in [-0.05, 0) is 31.2 Å². The molecule has 0 spiro atoms. The Morgan fingerprint density at radius 2 is 2.10 bits per heavy atom. The van der Waals surface area contributed by atoms with Gasteiger partial charge in [-0.25, -0.2) is 0 Å². The first-order valence-corrected chi connectivity index (χ1v) is 7.21. The molecule has 1 aromatic heterocycles. The van der Waals surface area contributed by atoms with Crippen LogP contribution in [0.5, 0.6) is 0 Å². The van der Waals surface area contributed by atoms with Crippen molar-refractivity contribution in [2.75, 3.05) is 0 Å². The van der Waals surface area contributed by atoms with E-state index >= 15 is 0 Å². The summed E-state index contributed by atoms with van der Waals surface area (Å²) in [7, 11) is 0. The Morgan fingerprint density at radius 3 is 2.76 bits per heavy atom. The maximum absolute atomic E-state index is 12.1. The summed E-state index contributed by atoms with van der Waals surface area (Å²) in [6.45, 7) is 1.79. The standard InChI is InChI=1S/C15H15Cl2NO3/c1-9(8-12(19)13-6-3-7-21-13)18-15(20)10-4-2-5-11(16)14(10)17/h2-7,9,12,19H,8H2,1H3,(H,18,20). The molecule has 0 saturated heterocycles. The van der Waals surface area contributed by atoms with E-state index in [4.69, 9.17) is 27.6 Å². The van der Waals surface area contributed by atoms with Crippen LogP contribution in [0.4, 0.5) is 0 Å². The average Bonchev–Trinajstić information content (AvgIpc) is 2.95. The molecule has 1 heterocycles. The van der Waals surface area contributed by atoms with Crippen LogP contribution in [0.3, 0.4) is 0 Å². The van der Waals surface area contributed by atoms with Gasteiger partial charge in [0.2, 0.25) is 0 Å². The number of halogens is 2. The molecule has 2 unspecified atom stereocenters. The molecule has 0 radical (unpaired) electrons. The van der Waals surface area contributed by atoms with Crippen molar-refractivity contribution in [2.45, 2.75) is 25.5 Å². The van der Waals surface area contributed by atoms with Gasteiger partial charge in [-0.15, -0.1) is 0 Å². The van der Waals surface area contributed by atoms with Crippen molar-refractivity contribution in [1.29, 1.82) is 0 Å². The molecule has 1 aromatic carbocycles. The fourth-order valence-electron chi connectivity index (χ4n) is 1.97. The Bertz CT molecular complexity index is 613. The molecule has 2 rings (SSSR count). The summed E-state index contributed by atoms with van der Waals surface area (Å²) in [5, 5.41) is 13.3. The van der Waals surface area contributed by atoms with E-state index in [1.807, 2.05) is 0 Å². The first kappa shape index (κ1) is 15.9. The Morgan fingerprint density at radius 1 is 1.33 bits per heavy atom. The van der Waals surface area contributed by atoms with Crippen molar-refractivity contribution in [3.8, 4) is 0 Å². The van der Waals surface area contributed by atoms with Crippen LogP contribution >= 0.6 is 23.2 Å². The molecule has 0 aliphatic carbocycles. The molecule has 4 nitrogen and oxygen atoms in total. The van der Waals surface area contributed by atoms with Gasteiger partial charge in [0, 0.05) is 12.5 Å². The van der Waals surface area contributed by atoms with Crippen molar-refractivity contribution in [1.82, 2.24) is 5.32 Å². The van der Waals surface area contributed by atoms with Gasteiger partial charge in [0.05, 0.1) is 21.9 Å². The van der Waals surface area contributed by atoms with Crippen molar-refractivity contribution in [2.24, 2.45) is 0 Å². The van der Waals surface area contributed by atoms with Gasteiger partial charge < -0.3 is 14.8 Å². The second-order valence-corrected chi connectivity index (χ2v) is 5.53. The number of rotatable bonds is 5. The molecule has 2 aromatic rings. The fraction of sp³-hybridized carbons (Fsp3) is 0.267. The Labute approximate surface area is 132 Å². The Hall–Kier alpha value is -1.49. The summed E-state index contributed by atoms with van der Waals surface area (Å²) in [5.41, 5.74) is 0.309. The molecule has 0 aliphatic heterocycles. The topological polar surface area (TPSA) is 62.5 Å². The fourth-order valence-corrected chi connectivity index (χ4v) is 2.36. The van der Waals surface area contributed by atoms with Gasteiger partial charge in [0.15, 0.2) is 0 Å². The van der Waals surface area contributed by atoms with Gasteiger partial charge in [-0.1, -0.05) is 29.3 Å². The normalized spacial score (nSPS) is 13.7. The van der Waals surface area contributed by atoms with Crippen molar-refractivity contribution < 1.29 is 14.3 Å². The van der Waals surface area contributed by atoms with E-state index < -0.39 is 6.10 Å². The highest BCUT2D eigenvalue weighted by molar-refractivity contribution is 6.43. The summed E-state index contributed by atoms with van der Waals surface area (Å²) in [6, 6.07) is 8.00. The average molecular weight is 328 g/mol. The lowest BCUT2D eigenvalue weighted by atomic mass is 10.1. The number of furan rings is 1. The molecule has 6 heteroatoms. The highest BCUT2D eigenvalue weighted by Gasteiger charge is 2.18. The van der Waals surface area contributed by atoms with Gasteiger partial charge in [0.1, 0.15) is 11.9 Å². The van der Waals surface area contributed by atoms with Crippen molar-refractivity contribution >= 4 is 29.1 Å². The summed E-state index contributed by atoms with van der Waals surface area (Å²) in [4.78, 5) is 12.1. The van der Waals surface area contributed by atoms with Crippen LogP contribution in [0.15, 0.2) is 41.0 Å². The van der Waals surface area contributed by atoms with E-state index in [1.54, 1.807) is 37.3 Å². The molecule has 2 atom stereocenters. The third-order valence-corrected chi connectivity index (χ3v) is 3.84. The molecular formula is C15H15Cl2NO3. The van der Waals surface area contributed by atoms with E-state index in [9.17, 15) is 9.90 Å². The van der Waals surface area contributed by atoms with Crippen LogP contribution < -0.4 is 5.32 Å². The number of hydrogen-bond acceptors (Lipinski definition) is 3. The number of nitrogens with one attached hydrogen (secondary N) is 1. The lowest BCUT2D eigenvalue weighted by Gasteiger charge is -2.17. The third kappa shape index (κ3) is 4.00. The van der Waals surface area contributed by atoms with Crippen LogP contribution in [0.2, 0.25) is 10.0 Å². The predicted molar refractivity (Wildman–Crippen MR) is 81.7 cm³/mol. The molecule has 0 bridgehead atoms. The largest absolute Gasteiger partial charge is 0.467 e. The molecule has 21 heavy (non-hydrogen) atoms. The monoisotopic (exact) mass is 327 g/mol. The number of carbonyl (C=O) groups excluding carboxylic acids is 1. The smallest absolute Gasteiger partial charge is 0.253 e. The summed E-state index contributed by atoms with van der Waals surface area (Å²) >= 11 is 11.9. The van der Waals surface area contributed by atoms with Crippen LogP contribution in [-0.2, 0) is 0 Å². The zero-order valence-electron chi connectivity index (χ0n) is 11.3. The molecule has 0 aliphatic rings. The number of carbonyl (C=O) groups is 1. The zero-order chi connectivity index (χ0) is 15.4. The second-order valence-electron chi connectivity index (χ2n) is 4.74. The van der Waals surface area contributed by atoms with Crippen molar-refractivity contribution in [3.05, 3.63) is 58.0 Å². The van der Waals surface area contributed by atoms with Gasteiger partial charge in [0.25, 0.3) is 5.91 Å². The molecule has 112 valence electrons. The van der Waals surface area contributed by atoms with E-state index in [2.05, 4.69) is 5.32 Å². The van der Waals surface area contributed by atoms with E-state index in [0.29, 0.717) is 22.8 Å². The summed E-state index contributed by atoms with van der Waals surface area (Å²) < 4.78 is 5.12. The van der Waals surface area contributed by atoms with Crippen LogP contribution in [-0.4, -0.2) is 17.1 Å². The van der Waals surface area contributed by atoms with Crippen LogP contribution in [0, 0.1) is 0 Å². The maximum atomic E-state index is 12.1. The lowest BCUT2D eigenvalue weighted by Crippen LogP contribution is -2.33. The van der Waals surface area contributed by atoms with Crippen LogP contribution in [0.1, 0.15) is 35.6 Å². The van der Waals surface area contributed by atoms with Gasteiger partial charge in [-0.2, -0.15) is 0 Å². The first-order valence-electron chi connectivity index (χ1n) is 6.45. The Kier molecular flexibility index (Phi) is 5.28. The number of aliphatic hydroxyl groups is 1. The quantitative estimate of drug-likeness (QED) is 0.877. The maximum Gasteiger partial charge on any atom is 0.253 e. The minimum absolute atomic E-state index is 0.218. The molecule has 1 amide bonds. The lowest BCUT2D eigenvalue weighted by molar-refractivity contribution is 0.0903. The molecular weight excluding hydrogens is 313 g/mol. The summed E-state index contributed by atoms with van der Waals surface area (Å²) in [6.07, 6.45) is 1.05. The van der Waals surface area contributed by atoms with E-state index in [0.717, 1.165) is 0 Å². The Balaban J connectivity index is 1.97. The number of aliphatic hydroxyl groups excluding tert-OH is 1. The SMILES string of the molecule is CC(CC(O)c1ccco1)NC(=O)c1cccc(Cl)c1Cl. The molecule has 0 fully saturated rings. The number of amides is 1. The first-order chi connectivity index (χ1) is 9.99. The van der Waals surface area contributed by atoms with E-state index in [-0.39, 0.29) is 17.0 Å². The van der Waals surface area contributed by atoms with Gasteiger partial charge in [-0.3, -0.25) is 4.79 Å². The minimum atomic E-state index is -0.773. The molecule has 0 saturated carbocycles. The highest BCUT2D eigenvalue weighted by Crippen LogP contribution is 2.25. The predicted octanol–water partition coefficient (Wildman–Crippen LogP) is 3.83. The van der Waals surface area contributed by atoms with Gasteiger partial charge >= 0.3 is 0 Å². The third-order valence-electron chi connectivity index (χ3n) is 3.02. The van der Waals surface area contributed by atoms with Crippen LogP contribution in [0.25, 0.3) is 0 Å². The van der Waals surface area contributed by atoms with Crippen molar-refractivity contribution in [3.63, 3.8) is 0 Å². The number of benzene rings is 1. The second kappa shape index (κ2) is 6.98. The van der Waals surface area contributed by atoms with E-state index in [1.165, 1.54) is 6.26 Å². The molecule has 2 N–H and O–H groups in total. The summed E-state index contributed by atoms with van der Waals surface area (Å²) in [5.74, 6) is 0.138. The minimum Gasteiger partial charge on any atom is -0.467 e. The zero-order valence-corrected chi connectivity index (χ0v) is 12.9. The number of hydrogen-bond donors (Lipinski definition) is 2. The highest BCUT2D eigenvalue weighted by atomic mass is 35.5.